The molecule has 0 aliphatic heterocycles. The summed E-state index contributed by atoms with van der Waals surface area (Å²) in [4.78, 5) is 46.5. The zero-order valence-corrected chi connectivity index (χ0v) is 15.6. The number of ketones is 2. The Kier molecular flexibility index (Phi) is 6.65. The van der Waals surface area contributed by atoms with Crippen LogP contribution in [0.5, 0.6) is 0 Å². The van der Waals surface area contributed by atoms with Crippen LogP contribution in [0, 0.1) is 0 Å². The van der Waals surface area contributed by atoms with Crippen molar-refractivity contribution >= 4 is 23.4 Å². The number of aryl methyl sites for hydroxylation is 1. The molecule has 0 unspecified atom stereocenters. The Morgan fingerprint density at radius 1 is 1.04 bits per heavy atom. The van der Waals surface area contributed by atoms with Crippen molar-refractivity contribution in [2.45, 2.75) is 20.3 Å². The fraction of sp³-hybridized carbons (Fsp3) is 0.300. The highest BCUT2D eigenvalue weighted by molar-refractivity contribution is 6.00. The zero-order chi connectivity index (χ0) is 20.0. The molecule has 2 rings (SSSR count). The summed E-state index contributed by atoms with van der Waals surface area (Å²) in [7, 11) is 1.63. The number of amides is 1. The van der Waals surface area contributed by atoms with E-state index in [4.69, 9.17) is 4.74 Å². The van der Waals surface area contributed by atoms with Gasteiger partial charge in [0.05, 0.1) is 0 Å². The van der Waals surface area contributed by atoms with Gasteiger partial charge in [0.1, 0.15) is 5.69 Å². The van der Waals surface area contributed by atoms with Gasteiger partial charge in [-0.25, -0.2) is 4.79 Å². The number of rotatable bonds is 8. The lowest BCUT2D eigenvalue weighted by molar-refractivity contribution is -0.118. The van der Waals surface area contributed by atoms with Gasteiger partial charge in [0.2, 0.25) is 5.91 Å². The molecule has 7 nitrogen and oxygen atoms in total. The molecule has 1 amide bonds. The van der Waals surface area contributed by atoms with Gasteiger partial charge in [0.25, 0.3) is 0 Å². The standard InChI is InChI=1S/C20H22N2O5/c1-13(23)17-10-18(22(3)11-17)20(26)27-12-19(25)16-6-4-15(5-7-16)8-9-21-14(2)24/h4-7,10-11H,8-9,12H2,1-3H3,(H,21,24). The summed E-state index contributed by atoms with van der Waals surface area (Å²) >= 11 is 0. The van der Waals surface area contributed by atoms with Gasteiger partial charge < -0.3 is 14.6 Å². The van der Waals surface area contributed by atoms with Crippen LogP contribution in [0.1, 0.15) is 50.6 Å². The van der Waals surface area contributed by atoms with Crippen molar-refractivity contribution in [3.63, 3.8) is 0 Å². The van der Waals surface area contributed by atoms with E-state index >= 15 is 0 Å². The molecule has 0 aliphatic rings. The second-order valence-electron chi connectivity index (χ2n) is 6.21. The number of benzene rings is 1. The van der Waals surface area contributed by atoms with E-state index in [1.807, 2.05) is 0 Å². The van der Waals surface area contributed by atoms with Gasteiger partial charge in [-0.3, -0.25) is 14.4 Å². The number of aromatic nitrogens is 1. The molecule has 0 aliphatic carbocycles. The quantitative estimate of drug-likeness (QED) is 0.566. The van der Waals surface area contributed by atoms with Gasteiger partial charge >= 0.3 is 5.97 Å². The number of esters is 1. The van der Waals surface area contributed by atoms with Crippen molar-refractivity contribution in [3.8, 4) is 0 Å². The number of ether oxygens (including phenoxy) is 1. The molecule has 1 heterocycles. The monoisotopic (exact) mass is 370 g/mol. The molecule has 0 spiro atoms. The molecule has 0 bridgehead atoms. The Morgan fingerprint density at radius 2 is 1.70 bits per heavy atom. The Bertz CT molecular complexity index is 865. The number of nitrogens with zero attached hydrogens (tertiary/aromatic N) is 1. The Morgan fingerprint density at radius 3 is 2.26 bits per heavy atom. The van der Waals surface area contributed by atoms with E-state index in [1.54, 1.807) is 37.5 Å². The molecule has 0 atom stereocenters. The number of Topliss-reactive ketones (excluding diaryl/α,β-unsaturated/α-hetero) is 2. The lowest BCUT2D eigenvalue weighted by Crippen LogP contribution is -2.22. The third-order valence-corrected chi connectivity index (χ3v) is 4.02. The zero-order valence-electron chi connectivity index (χ0n) is 15.6. The Balaban J connectivity index is 1.90. The molecule has 0 radical (unpaired) electrons. The average molecular weight is 370 g/mol. The van der Waals surface area contributed by atoms with Crippen molar-refractivity contribution in [1.29, 1.82) is 0 Å². The molecule has 27 heavy (non-hydrogen) atoms. The number of hydrogen-bond donors (Lipinski definition) is 1. The summed E-state index contributed by atoms with van der Waals surface area (Å²) in [6.45, 7) is 3.01. The SMILES string of the molecule is CC(=O)NCCc1ccc(C(=O)COC(=O)c2cc(C(C)=O)cn2C)cc1. The van der Waals surface area contributed by atoms with Gasteiger partial charge in [-0.05, 0) is 25.0 Å². The van der Waals surface area contributed by atoms with Crippen LogP contribution in [-0.2, 0) is 23.0 Å². The van der Waals surface area contributed by atoms with Gasteiger partial charge in [-0.15, -0.1) is 0 Å². The largest absolute Gasteiger partial charge is 0.453 e. The normalized spacial score (nSPS) is 10.3. The van der Waals surface area contributed by atoms with Crippen LogP contribution in [0.3, 0.4) is 0 Å². The minimum absolute atomic E-state index is 0.0859. The molecule has 7 heteroatoms. The molecular weight excluding hydrogens is 348 g/mol. The second-order valence-corrected chi connectivity index (χ2v) is 6.21. The Hall–Kier alpha value is -3.22. The first-order chi connectivity index (χ1) is 12.8. The summed E-state index contributed by atoms with van der Waals surface area (Å²) in [5, 5.41) is 2.71. The van der Waals surface area contributed by atoms with E-state index in [0.29, 0.717) is 24.1 Å². The van der Waals surface area contributed by atoms with Gasteiger partial charge in [0.15, 0.2) is 18.2 Å². The van der Waals surface area contributed by atoms with E-state index in [-0.39, 0.29) is 29.8 Å². The van der Waals surface area contributed by atoms with Crippen LogP contribution in [0.2, 0.25) is 0 Å². The minimum Gasteiger partial charge on any atom is -0.453 e. The molecule has 0 saturated carbocycles. The van der Waals surface area contributed by atoms with E-state index < -0.39 is 5.97 Å². The minimum atomic E-state index is -0.662. The first-order valence-corrected chi connectivity index (χ1v) is 8.49. The maximum absolute atomic E-state index is 12.2. The van der Waals surface area contributed by atoms with Crippen LogP contribution in [0.4, 0.5) is 0 Å². The average Bonchev–Trinajstić information content (AvgIpc) is 3.02. The highest BCUT2D eigenvalue weighted by Gasteiger charge is 2.17. The second kappa shape index (κ2) is 8.93. The van der Waals surface area contributed by atoms with Crippen molar-refractivity contribution in [2.75, 3.05) is 13.2 Å². The van der Waals surface area contributed by atoms with Crippen molar-refractivity contribution in [3.05, 3.63) is 58.9 Å². The van der Waals surface area contributed by atoms with E-state index in [0.717, 1.165) is 5.56 Å². The van der Waals surface area contributed by atoms with E-state index in [2.05, 4.69) is 5.32 Å². The third kappa shape index (κ3) is 5.64. The molecule has 1 aromatic heterocycles. The van der Waals surface area contributed by atoms with E-state index in [9.17, 15) is 19.2 Å². The molecule has 2 aromatic rings. The first kappa shape index (κ1) is 20.1. The smallest absolute Gasteiger partial charge is 0.355 e. The molecule has 1 aromatic carbocycles. The molecule has 1 N–H and O–H groups in total. The van der Waals surface area contributed by atoms with Gasteiger partial charge in [-0.2, -0.15) is 0 Å². The first-order valence-electron chi connectivity index (χ1n) is 8.49. The molecule has 142 valence electrons. The summed E-state index contributed by atoms with van der Waals surface area (Å²) < 4.78 is 6.57. The number of nitrogens with one attached hydrogen (secondary N) is 1. The summed E-state index contributed by atoms with van der Waals surface area (Å²) in [6, 6.07) is 8.37. The highest BCUT2D eigenvalue weighted by atomic mass is 16.5. The fourth-order valence-electron chi connectivity index (χ4n) is 2.49. The molecular formula is C20H22N2O5. The summed E-state index contributed by atoms with van der Waals surface area (Å²) in [6.07, 6.45) is 2.20. The van der Waals surface area contributed by atoms with Crippen LogP contribution in [0.25, 0.3) is 0 Å². The maximum Gasteiger partial charge on any atom is 0.355 e. The number of carbonyl (C=O) groups is 4. The van der Waals surface area contributed by atoms with Crippen molar-refractivity contribution in [1.82, 2.24) is 9.88 Å². The number of carbonyl (C=O) groups excluding carboxylic acids is 4. The predicted molar refractivity (Wildman–Crippen MR) is 98.9 cm³/mol. The highest BCUT2D eigenvalue weighted by Crippen LogP contribution is 2.11. The number of hydrogen-bond acceptors (Lipinski definition) is 5. The van der Waals surface area contributed by atoms with Crippen LogP contribution in [-0.4, -0.2) is 41.2 Å². The predicted octanol–water partition coefficient (Wildman–Crippen LogP) is 1.95. The van der Waals surface area contributed by atoms with Crippen LogP contribution in [0.15, 0.2) is 36.5 Å². The summed E-state index contributed by atoms with van der Waals surface area (Å²) in [5.41, 5.74) is 2.03. The maximum atomic E-state index is 12.2. The van der Waals surface area contributed by atoms with Gasteiger partial charge in [-0.1, -0.05) is 24.3 Å². The molecule has 0 fully saturated rings. The molecule has 0 saturated heterocycles. The topological polar surface area (TPSA) is 94.5 Å². The lowest BCUT2D eigenvalue weighted by Gasteiger charge is -2.06. The third-order valence-electron chi connectivity index (χ3n) is 4.02. The van der Waals surface area contributed by atoms with Crippen LogP contribution < -0.4 is 5.32 Å². The lowest BCUT2D eigenvalue weighted by atomic mass is 10.1. The summed E-state index contributed by atoms with van der Waals surface area (Å²) in [5.74, 6) is -1.22. The fourth-order valence-corrected chi connectivity index (χ4v) is 2.49. The van der Waals surface area contributed by atoms with Crippen LogP contribution >= 0.6 is 0 Å². The Labute approximate surface area is 157 Å². The van der Waals surface area contributed by atoms with Crippen molar-refractivity contribution < 1.29 is 23.9 Å². The van der Waals surface area contributed by atoms with Crippen molar-refractivity contribution in [2.24, 2.45) is 7.05 Å². The van der Waals surface area contributed by atoms with E-state index in [1.165, 1.54) is 24.5 Å². The van der Waals surface area contributed by atoms with Gasteiger partial charge in [0, 0.05) is 37.8 Å².